The van der Waals surface area contributed by atoms with Gasteiger partial charge >= 0.3 is 11.9 Å². The van der Waals surface area contributed by atoms with Crippen LogP contribution in [0.1, 0.15) is 47.0 Å². The van der Waals surface area contributed by atoms with E-state index in [-0.39, 0.29) is 53.1 Å². The summed E-state index contributed by atoms with van der Waals surface area (Å²) in [6.07, 6.45) is 3.69. The molecule has 0 amide bonds. The van der Waals surface area contributed by atoms with E-state index in [1.54, 1.807) is 13.0 Å². The van der Waals surface area contributed by atoms with Gasteiger partial charge in [-0.1, -0.05) is 19.6 Å². The van der Waals surface area contributed by atoms with Gasteiger partial charge < -0.3 is 14.2 Å². The number of hydrogen-bond acceptors (Lipinski definition) is 5. The first-order chi connectivity index (χ1) is 11.7. The molecule has 25 heavy (non-hydrogen) atoms. The molecule has 0 aromatic heterocycles. The van der Waals surface area contributed by atoms with Crippen LogP contribution in [-0.4, -0.2) is 35.3 Å². The third kappa shape index (κ3) is 2.17. The summed E-state index contributed by atoms with van der Waals surface area (Å²) in [7, 11) is 0. The molecule has 5 nitrogen and oxygen atoms in total. The number of carbonyl (C=O) groups excluding carboxylic acids is 2. The van der Waals surface area contributed by atoms with Crippen molar-refractivity contribution in [3.05, 3.63) is 23.8 Å². The van der Waals surface area contributed by atoms with Gasteiger partial charge in [-0.15, -0.1) is 0 Å². The van der Waals surface area contributed by atoms with Crippen molar-refractivity contribution in [3.63, 3.8) is 0 Å². The topological polar surface area (TPSA) is 65.1 Å². The van der Waals surface area contributed by atoms with E-state index in [1.165, 1.54) is 0 Å². The molecule has 4 fully saturated rings. The fraction of sp³-hybridized carbons (Fsp3) is 0.700. The van der Waals surface area contributed by atoms with Crippen LogP contribution in [0.5, 0.6) is 0 Å². The standard InChI is InChI=1S/C20H26O5/c1-6-10(2)17(21)24-15-9-19(5)20(25-19)8-13-12(4)18(22)23-14(13)7-11(3)16(15)20/h6,11,13-16H,4,7-9H2,1-3,5H3/t11-,13-,14-,15+,16-,19-,20+/m1/s1. The van der Waals surface area contributed by atoms with E-state index in [9.17, 15) is 9.59 Å². The Morgan fingerprint density at radius 3 is 2.80 bits per heavy atom. The van der Waals surface area contributed by atoms with E-state index in [4.69, 9.17) is 14.2 Å². The Morgan fingerprint density at radius 2 is 2.12 bits per heavy atom. The molecule has 2 saturated heterocycles. The number of epoxide rings is 1. The molecule has 7 atom stereocenters. The van der Waals surface area contributed by atoms with Crippen LogP contribution in [0, 0.1) is 17.8 Å². The summed E-state index contributed by atoms with van der Waals surface area (Å²) in [6.45, 7) is 11.8. The van der Waals surface area contributed by atoms with Crippen LogP contribution in [-0.2, 0) is 23.8 Å². The number of esters is 2. The van der Waals surface area contributed by atoms with Crippen LogP contribution in [0.3, 0.4) is 0 Å². The molecule has 2 heterocycles. The van der Waals surface area contributed by atoms with Crippen molar-refractivity contribution in [3.8, 4) is 0 Å². The van der Waals surface area contributed by atoms with Gasteiger partial charge in [0.25, 0.3) is 0 Å². The van der Waals surface area contributed by atoms with Crippen molar-refractivity contribution in [1.82, 2.24) is 0 Å². The predicted molar refractivity (Wildman–Crippen MR) is 90.5 cm³/mol. The molecule has 2 aliphatic carbocycles. The van der Waals surface area contributed by atoms with Gasteiger partial charge in [0.05, 0.1) is 5.60 Å². The Labute approximate surface area is 148 Å². The second kappa shape index (κ2) is 5.19. The fourth-order valence-electron chi connectivity index (χ4n) is 5.48. The smallest absolute Gasteiger partial charge is 0.334 e. The normalized spacial score (nSPS) is 48.2. The van der Waals surface area contributed by atoms with Crippen LogP contribution >= 0.6 is 0 Å². The summed E-state index contributed by atoms with van der Waals surface area (Å²) in [5.74, 6) is -0.150. The van der Waals surface area contributed by atoms with E-state index in [1.807, 2.05) is 6.92 Å². The molecular weight excluding hydrogens is 320 g/mol. The Kier molecular flexibility index (Phi) is 3.50. The van der Waals surface area contributed by atoms with Gasteiger partial charge in [-0.05, 0) is 39.5 Å². The Morgan fingerprint density at radius 1 is 1.40 bits per heavy atom. The molecule has 0 aromatic rings. The van der Waals surface area contributed by atoms with Crippen molar-refractivity contribution in [2.75, 3.05) is 0 Å². The molecule has 0 unspecified atom stereocenters. The Bertz CT molecular complexity index is 694. The minimum Gasteiger partial charge on any atom is -0.458 e. The van der Waals surface area contributed by atoms with Gasteiger partial charge in [0.15, 0.2) is 0 Å². The highest BCUT2D eigenvalue weighted by molar-refractivity contribution is 5.91. The zero-order valence-electron chi connectivity index (χ0n) is 15.3. The molecule has 5 heteroatoms. The number of hydrogen-bond donors (Lipinski definition) is 0. The average Bonchev–Trinajstić information content (AvgIpc) is 2.98. The van der Waals surface area contributed by atoms with Crippen molar-refractivity contribution in [2.45, 2.75) is 70.4 Å². The van der Waals surface area contributed by atoms with E-state index >= 15 is 0 Å². The summed E-state index contributed by atoms with van der Waals surface area (Å²) in [5.41, 5.74) is 0.565. The number of rotatable bonds is 2. The SMILES string of the molecule is C=C1C(=O)O[C@@H]2C[C@@H](C)[C@@H]3[C@@H](OC(=O)C(C)=CC)C[C@@]4(C)O[C@@]34C[C@H]12. The largest absolute Gasteiger partial charge is 0.458 e. The van der Waals surface area contributed by atoms with Crippen molar-refractivity contribution in [1.29, 1.82) is 0 Å². The average molecular weight is 346 g/mol. The van der Waals surface area contributed by atoms with Gasteiger partial charge in [-0.2, -0.15) is 0 Å². The highest BCUT2D eigenvalue weighted by Gasteiger charge is 2.79. The van der Waals surface area contributed by atoms with Crippen LogP contribution < -0.4 is 0 Å². The van der Waals surface area contributed by atoms with Gasteiger partial charge in [0.1, 0.15) is 17.8 Å². The first-order valence-corrected chi connectivity index (χ1v) is 9.16. The minimum absolute atomic E-state index is 0.00787. The first-order valence-electron chi connectivity index (χ1n) is 9.16. The summed E-state index contributed by atoms with van der Waals surface area (Å²) >= 11 is 0. The van der Waals surface area contributed by atoms with Crippen molar-refractivity contribution in [2.24, 2.45) is 17.8 Å². The number of fused-ring (bicyclic) bond motifs is 1. The number of allylic oxidation sites excluding steroid dienone is 1. The van der Waals surface area contributed by atoms with E-state index in [0.29, 0.717) is 17.6 Å². The van der Waals surface area contributed by atoms with E-state index < -0.39 is 0 Å². The molecule has 4 rings (SSSR count). The molecule has 2 aliphatic heterocycles. The summed E-state index contributed by atoms with van der Waals surface area (Å²) < 4.78 is 17.7. The van der Waals surface area contributed by atoms with Crippen LogP contribution in [0.2, 0.25) is 0 Å². The van der Waals surface area contributed by atoms with Crippen LogP contribution in [0.25, 0.3) is 0 Å². The summed E-state index contributed by atoms with van der Waals surface area (Å²) in [6, 6.07) is 0. The molecule has 0 N–H and O–H groups in total. The predicted octanol–water partition coefficient (Wildman–Crippen LogP) is 2.94. The van der Waals surface area contributed by atoms with Gasteiger partial charge in [-0.3, -0.25) is 0 Å². The lowest BCUT2D eigenvalue weighted by molar-refractivity contribution is -0.150. The zero-order chi connectivity index (χ0) is 18.1. The van der Waals surface area contributed by atoms with Crippen molar-refractivity contribution < 1.29 is 23.8 Å². The van der Waals surface area contributed by atoms with Gasteiger partial charge in [0.2, 0.25) is 0 Å². The van der Waals surface area contributed by atoms with E-state index in [2.05, 4.69) is 20.4 Å². The molecular formula is C20H26O5. The second-order valence-electron chi connectivity index (χ2n) is 8.36. The Hall–Kier alpha value is -1.62. The lowest BCUT2D eigenvalue weighted by Crippen LogP contribution is -2.37. The maximum atomic E-state index is 12.3. The molecule has 1 spiro atoms. The summed E-state index contributed by atoms with van der Waals surface area (Å²) in [5, 5.41) is 0. The monoisotopic (exact) mass is 346 g/mol. The third-order valence-electron chi connectivity index (χ3n) is 6.96. The van der Waals surface area contributed by atoms with Gasteiger partial charge in [0, 0.05) is 29.4 Å². The zero-order valence-corrected chi connectivity index (χ0v) is 15.3. The lowest BCUT2D eigenvalue weighted by atomic mass is 9.78. The summed E-state index contributed by atoms with van der Waals surface area (Å²) in [4.78, 5) is 24.2. The maximum Gasteiger partial charge on any atom is 0.334 e. The van der Waals surface area contributed by atoms with Gasteiger partial charge in [-0.25, -0.2) is 9.59 Å². The van der Waals surface area contributed by atoms with Crippen LogP contribution in [0.15, 0.2) is 23.8 Å². The molecule has 0 radical (unpaired) electrons. The second-order valence-corrected chi connectivity index (χ2v) is 8.36. The maximum absolute atomic E-state index is 12.3. The minimum atomic E-state index is -0.336. The molecule has 0 aromatic carbocycles. The highest BCUT2D eigenvalue weighted by Crippen LogP contribution is 2.69. The highest BCUT2D eigenvalue weighted by atomic mass is 16.6. The molecule has 136 valence electrons. The quantitative estimate of drug-likeness (QED) is 0.437. The van der Waals surface area contributed by atoms with Crippen molar-refractivity contribution >= 4 is 11.9 Å². The van der Waals surface area contributed by atoms with Crippen LogP contribution in [0.4, 0.5) is 0 Å². The Balaban J connectivity index is 1.63. The first kappa shape index (κ1) is 16.8. The van der Waals surface area contributed by atoms with E-state index in [0.717, 1.165) is 12.8 Å². The molecule has 2 saturated carbocycles. The molecule has 0 bridgehead atoms. The lowest BCUT2D eigenvalue weighted by Gasteiger charge is -2.30. The molecule has 4 aliphatic rings. The number of ether oxygens (including phenoxy) is 3. The third-order valence-corrected chi connectivity index (χ3v) is 6.96. The fourth-order valence-corrected chi connectivity index (χ4v) is 5.48. The number of carbonyl (C=O) groups is 2.